The third-order valence-corrected chi connectivity index (χ3v) is 3.23. The highest BCUT2D eigenvalue weighted by molar-refractivity contribution is 5.92. The minimum Gasteiger partial charge on any atom is -0.423 e. The van der Waals surface area contributed by atoms with Gasteiger partial charge in [0.25, 0.3) is 0 Å². The number of nitrogens with two attached hydrogens (primary N) is 1. The second kappa shape index (κ2) is 6.99. The fourth-order valence-electron chi connectivity index (χ4n) is 2.10. The molecular formula is C15H20N4O2. The van der Waals surface area contributed by atoms with Crippen molar-refractivity contribution in [1.82, 2.24) is 10.2 Å². The van der Waals surface area contributed by atoms with Crippen LogP contribution in [-0.2, 0) is 4.79 Å². The van der Waals surface area contributed by atoms with Crippen LogP contribution in [0.4, 0.5) is 5.69 Å². The Morgan fingerprint density at radius 3 is 2.95 bits per heavy atom. The lowest BCUT2D eigenvalue weighted by atomic mass is 10.1. The van der Waals surface area contributed by atoms with Crippen molar-refractivity contribution in [2.75, 3.05) is 5.32 Å². The van der Waals surface area contributed by atoms with Gasteiger partial charge < -0.3 is 15.5 Å². The number of hydrogen-bond acceptors (Lipinski definition) is 5. The highest BCUT2D eigenvalue weighted by Gasteiger charge is 2.12. The summed E-state index contributed by atoms with van der Waals surface area (Å²) in [5.74, 6) is 0.343. The Kier molecular flexibility index (Phi) is 5.05. The fraction of sp³-hybridized carbons (Fsp3) is 0.400. The van der Waals surface area contributed by atoms with E-state index in [1.165, 1.54) is 6.39 Å². The highest BCUT2D eigenvalue weighted by Crippen LogP contribution is 2.24. The molecule has 6 nitrogen and oxygen atoms in total. The highest BCUT2D eigenvalue weighted by atomic mass is 16.4. The normalized spacial score (nSPS) is 12.1. The maximum absolute atomic E-state index is 12.0. The number of carbonyl (C=O) groups is 1. The standard InChI is InChI=1S/C15H20N4O2/c1-3-4-12(16)8-14(20)18-13-7-11(6-5-10(13)2)15-19-17-9-21-15/h5-7,9,12H,3-4,8,16H2,1-2H3,(H,18,20). The number of amides is 1. The number of benzene rings is 1. The fourth-order valence-corrected chi connectivity index (χ4v) is 2.10. The molecule has 21 heavy (non-hydrogen) atoms. The summed E-state index contributed by atoms with van der Waals surface area (Å²) in [4.78, 5) is 12.0. The van der Waals surface area contributed by atoms with E-state index in [-0.39, 0.29) is 11.9 Å². The van der Waals surface area contributed by atoms with Gasteiger partial charge in [-0.25, -0.2) is 0 Å². The third-order valence-electron chi connectivity index (χ3n) is 3.23. The van der Waals surface area contributed by atoms with Gasteiger partial charge in [-0.05, 0) is 31.0 Å². The van der Waals surface area contributed by atoms with E-state index in [2.05, 4.69) is 22.4 Å². The van der Waals surface area contributed by atoms with Crippen molar-refractivity contribution < 1.29 is 9.21 Å². The van der Waals surface area contributed by atoms with Gasteiger partial charge >= 0.3 is 0 Å². The molecule has 0 spiro atoms. The predicted octanol–water partition coefficient (Wildman–Crippen LogP) is 2.50. The molecule has 0 aliphatic heterocycles. The summed E-state index contributed by atoms with van der Waals surface area (Å²) in [5.41, 5.74) is 8.36. The first kappa shape index (κ1) is 15.2. The van der Waals surface area contributed by atoms with Crippen molar-refractivity contribution in [3.05, 3.63) is 30.2 Å². The molecule has 1 aromatic heterocycles. The molecule has 6 heteroatoms. The quantitative estimate of drug-likeness (QED) is 0.851. The summed E-state index contributed by atoms with van der Waals surface area (Å²) >= 11 is 0. The molecule has 112 valence electrons. The van der Waals surface area contributed by atoms with Crippen LogP contribution in [0.15, 0.2) is 29.0 Å². The Morgan fingerprint density at radius 1 is 1.48 bits per heavy atom. The van der Waals surface area contributed by atoms with E-state index in [4.69, 9.17) is 10.2 Å². The van der Waals surface area contributed by atoms with Gasteiger partial charge in [0.1, 0.15) is 0 Å². The van der Waals surface area contributed by atoms with Crippen molar-refractivity contribution in [2.45, 2.75) is 39.2 Å². The maximum atomic E-state index is 12.0. The molecule has 0 saturated carbocycles. The number of hydrogen-bond donors (Lipinski definition) is 2. The van der Waals surface area contributed by atoms with Crippen LogP contribution in [0.25, 0.3) is 11.5 Å². The molecule has 2 aromatic rings. The number of aromatic nitrogens is 2. The van der Waals surface area contributed by atoms with Crippen LogP contribution in [0.5, 0.6) is 0 Å². The van der Waals surface area contributed by atoms with Crippen LogP contribution >= 0.6 is 0 Å². The predicted molar refractivity (Wildman–Crippen MR) is 80.6 cm³/mol. The molecule has 0 aliphatic carbocycles. The molecule has 3 N–H and O–H groups in total. The molecule has 1 amide bonds. The molecule has 1 aromatic carbocycles. The number of anilines is 1. The first-order chi connectivity index (χ1) is 10.1. The summed E-state index contributed by atoms with van der Waals surface area (Å²) in [6.45, 7) is 3.98. The largest absolute Gasteiger partial charge is 0.423 e. The zero-order valence-corrected chi connectivity index (χ0v) is 12.3. The average Bonchev–Trinajstić information content (AvgIpc) is 2.95. The van der Waals surface area contributed by atoms with Crippen LogP contribution < -0.4 is 11.1 Å². The van der Waals surface area contributed by atoms with E-state index in [1.54, 1.807) is 0 Å². The number of carbonyl (C=O) groups excluding carboxylic acids is 1. The molecule has 0 saturated heterocycles. The SMILES string of the molecule is CCCC(N)CC(=O)Nc1cc(-c2nnco2)ccc1C. The topological polar surface area (TPSA) is 94.0 Å². The lowest BCUT2D eigenvalue weighted by Gasteiger charge is -2.12. The lowest BCUT2D eigenvalue weighted by molar-refractivity contribution is -0.116. The van der Waals surface area contributed by atoms with E-state index in [1.807, 2.05) is 25.1 Å². The van der Waals surface area contributed by atoms with Crippen LogP contribution in [0, 0.1) is 6.92 Å². The van der Waals surface area contributed by atoms with Crippen molar-refractivity contribution >= 4 is 11.6 Å². The number of aryl methyl sites for hydroxylation is 1. The van der Waals surface area contributed by atoms with Crippen LogP contribution in [0.2, 0.25) is 0 Å². The van der Waals surface area contributed by atoms with Crippen LogP contribution in [0.1, 0.15) is 31.7 Å². The summed E-state index contributed by atoms with van der Waals surface area (Å²) in [6, 6.07) is 5.50. The van der Waals surface area contributed by atoms with Gasteiger partial charge in [0.15, 0.2) is 0 Å². The van der Waals surface area contributed by atoms with Gasteiger partial charge in [-0.15, -0.1) is 10.2 Å². The Balaban J connectivity index is 2.09. The van der Waals surface area contributed by atoms with Crippen molar-refractivity contribution in [3.8, 4) is 11.5 Å². The number of rotatable bonds is 6. The minimum absolute atomic E-state index is 0.0817. The Morgan fingerprint density at radius 2 is 2.29 bits per heavy atom. The molecule has 0 bridgehead atoms. The molecule has 1 heterocycles. The van der Waals surface area contributed by atoms with E-state index < -0.39 is 0 Å². The Hall–Kier alpha value is -2.21. The van der Waals surface area contributed by atoms with E-state index in [9.17, 15) is 4.79 Å². The van der Waals surface area contributed by atoms with Crippen molar-refractivity contribution in [3.63, 3.8) is 0 Å². The molecule has 0 fully saturated rings. The van der Waals surface area contributed by atoms with Gasteiger partial charge in [-0.1, -0.05) is 19.4 Å². The van der Waals surface area contributed by atoms with Crippen LogP contribution in [0.3, 0.4) is 0 Å². The van der Waals surface area contributed by atoms with Gasteiger partial charge in [0.2, 0.25) is 18.2 Å². The minimum atomic E-state index is -0.102. The first-order valence-corrected chi connectivity index (χ1v) is 7.02. The van der Waals surface area contributed by atoms with Crippen molar-refractivity contribution in [1.29, 1.82) is 0 Å². The van der Waals surface area contributed by atoms with Gasteiger partial charge in [-0.2, -0.15) is 0 Å². The number of nitrogens with one attached hydrogen (secondary N) is 1. The van der Waals surface area contributed by atoms with Gasteiger partial charge in [-0.3, -0.25) is 4.79 Å². The summed E-state index contributed by atoms with van der Waals surface area (Å²) in [5, 5.41) is 10.4. The zero-order valence-electron chi connectivity index (χ0n) is 12.3. The molecule has 1 unspecified atom stereocenters. The Bertz CT molecular complexity index is 596. The molecule has 0 aliphatic rings. The van der Waals surface area contributed by atoms with E-state index >= 15 is 0 Å². The second-order valence-electron chi connectivity index (χ2n) is 5.07. The Labute approximate surface area is 123 Å². The monoisotopic (exact) mass is 288 g/mol. The lowest BCUT2D eigenvalue weighted by Crippen LogP contribution is -2.27. The number of nitrogens with zero attached hydrogens (tertiary/aromatic N) is 2. The zero-order chi connectivity index (χ0) is 15.2. The van der Waals surface area contributed by atoms with Gasteiger partial charge in [0, 0.05) is 23.7 Å². The smallest absolute Gasteiger partial charge is 0.247 e. The van der Waals surface area contributed by atoms with E-state index in [0.717, 1.165) is 29.7 Å². The summed E-state index contributed by atoms with van der Waals surface area (Å²) < 4.78 is 5.16. The van der Waals surface area contributed by atoms with Crippen molar-refractivity contribution in [2.24, 2.45) is 5.73 Å². The third kappa shape index (κ3) is 4.13. The molecule has 2 rings (SSSR count). The summed E-state index contributed by atoms with van der Waals surface area (Å²) in [7, 11) is 0. The molecular weight excluding hydrogens is 268 g/mol. The average molecular weight is 288 g/mol. The summed E-state index contributed by atoms with van der Waals surface area (Å²) in [6.07, 6.45) is 3.41. The van der Waals surface area contributed by atoms with Gasteiger partial charge in [0.05, 0.1) is 0 Å². The van der Waals surface area contributed by atoms with E-state index in [0.29, 0.717) is 12.3 Å². The maximum Gasteiger partial charge on any atom is 0.247 e. The molecule has 0 radical (unpaired) electrons. The first-order valence-electron chi connectivity index (χ1n) is 7.02. The van der Waals surface area contributed by atoms with Crippen LogP contribution in [-0.4, -0.2) is 22.1 Å². The second-order valence-corrected chi connectivity index (χ2v) is 5.07. The molecule has 1 atom stereocenters.